The standard InChI is InChI=1S/C41H38ClN7O5S.C24H21N3O5.C17H14ClIN4S.CH4.S28.S10.H2/c1-22-32(55-41-34(22)36(26-11-13-27(42)14-12-26)44-23(2)37-47-46-24(3)48(37)41)18-16-28-15-10-25(21-43-28)7-4-5-20-54-31-9-6-8-29-35(31)40(53)49(39(29)52)30-17-19-33(50)45-38(30)51;1-2-16-10-9-15(14-25-16)6-3-4-13-32-19-8-5-7-17-21(19)24(31)27(23(17)30)18-11-12-20(28)26-22(18)29;1-8-13-14(11-4-6-12(18)7-5-11)20-9(2)16-22-21-10(3)23(16)17(13)24-15(8)19;;1-3-5-7-9-11-13-15-17-19-21-23-25-27-28-26-24-22-20-18-16-14-12-10-8-6-4-2;1-3-5-7-9-10-8-6-4-2;/h6,8-15,21,23,30H,4-5,7,16-20H2,1-3H3,(H,45,50,51);1,5,7-10,14,18H,3-4,6,11-13H2,(H,26,28,29);4-7,9H,1-3H3;1H4;;;1H/t23-,30?;;9-;;;;/m0.0..../s1. The molecule has 0 aliphatic carbocycles. The van der Waals surface area contributed by atoms with Gasteiger partial charge in [-0.05, 0) is 211 Å². The van der Waals surface area contributed by atoms with E-state index in [1.807, 2.05) is 163 Å². The number of aliphatic imine (C=N–C) groups is 2. The van der Waals surface area contributed by atoms with Gasteiger partial charge in [-0.2, -0.15) is 0 Å². The zero-order valence-electron chi connectivity index (χ0n) is 76.7. The summed E-state index contributed by atoms with van der Waals surface area (Å²) in [4.78, 5) is 122. The lowest BCUT2D eigenvalue weighted by atomic mass is 9.98. The van der Waals surface area contributed by atoms with Crippen molar-refractivity contribution in [2.24, 2.45) is 9.98 Å². The maximum Gasteiger partial charge on any atom is 0.266 e. The smallest absolute Gasteiger partial charge is 0.266 e. The lowest BCUT2D eigenvalue weighted by molar-refractivity contribution is -0.137. The summed E-state index contributed by atoms with van der Waals surface area (Å²) in [6.07, 6.45) is 15.7. The number of hydrogen-bond acceptors (Lipinski definition) is 24. The van der Waals surface area contributed by atoms with Crippen LogP contribution in [0.3, 0.4) is 0 Å². The van der Waals surface area contributed by atoms with Crippen LogP contribution in [0.15, 0.2) is 132 Å². The van der Waals surface area contributed by atoms with Gasteiger partial charge in [0.25, 0.3) is 23.6 Å². The number of aryl methyl sites for hydroxylation is 6. The van der Waals surface area contributed by atoms with E-state index in [0.29, 0.717) is 35.4 Å². The Balaban J connectivity index is 0.000000209. The molecule has 0 bridgehead atoms. The van der Waals surface area contributed by atoms with Gasteiger partial charge in [-0.1, -0.05) is 85.1 Å². The van der Waals surface area contributed by atoms with Gasteiger partial charge in [0.2, 0.25) is 23.6 Å². The Morgan fingerprint density at radius 3 is 1.16 bits per heavy atom. The number of benzene rings is 4. The second-order valence-corrected chi connectivity index (χ2v) is 94.7. The number of nitrogens with one attached hydrogen (secondary N) is 2. The highest BCUT2D eigenvalue weighted by Gasteiger charge is 2.48. The Morgan fingerprint density at radius 2 is 0.807 bits per heavy atom. The van der Waals surface area contributed by atoms with Crippen LogP contribution in [0.1, 0.15) is 212 Å². The number of piperidine rings is 2. The van der Waals surface area contributed by atoms with E-state index in [2.05, 4.69) is 136 Å². The first kappa shape index (κ1) is 128. The average molecular weight is 2910 g/mol. The van der Waals surface area contributed by atoms with E-state index in [4.69, 9.17) is 76.4 Å². The number of carbonyl (C=O) groups excluding carboxylic acids is 8. The summed E-state index contributed by atoms with van der Waals surface area (Å²) in [6.45, 7) is 13.1. The molecule has 8 amide bonds. The topological polar surface area (TPSA) is 297 Å². The van der Waals surface area contributed by atoms with E-state index < -0.39 is 59.3 Å². The Hall–Kier alpha value is -2.41. The number of unbranched alkanes of at least 4 members (excludes halogenated alkanes) is 2. The number of halogens is 3. The number of nitrogens with zero attached hydrogens (tertiary/aromatic N) is 12. The van der Waals surface area contributed by atoms with Crippen LogP contribution in [0, 0.1) is 42.9 Å². The lowest BCUT2D eigenvalue weighted by Crippen LogP contribution is -2.54. The second kappa shape index (κ2) is 68.8. The van der Waals surface area contributed by atoms with Crippen molar-refractivity contribution in [2.45, 2.75) is 150 Å². The van der Waals surface area contributed by atoms with Crippen LogP contribution in [-0.2, 0) is 392 Å². The van der Waals surface area contributed by atoms with Crippen molar-refractivity contribution >= 4 is 474 Å². The molecule has 4 atom stereocenters. The van der Waals surface area contributed by atoms with E-state index in [0.717, 1.165) is 144 Å². The molecule has 2 N–H and O–H groups in total. The van der Waals surface area contributed by atoms with E-state index in [1.54, 1.807) is 249 Å². The molecule has 2 saturated heterocycles. The van der Waals surface area contributed by atoms with Crippen molar-refractivity contribution in [2.75, 3.05) is 13.2 Å². The highest BCUT2D eigenvalue weighted by Crippen LogP contribution is 2.43. The summed E-state index contributed by atoms with van der Waals surface area (Å²) in [5.41, 5.74) is 13.3. The van der Waals surface area contributed by atoms with Gasteiger partial charge in [-0.15, -0.1) is 49.5 Å². The number of aromatic nitrogens is 8. The molecule has 0 saturated carbocycles. The molecule has 6 aliphatic rings. The number of thiophene rings is 2. The number of fused-ring (bicyclic) bond motifs is 8. The van der Waals surface area contributed by atoms with Crippen molar-refractivity contribution in [1.82, 2.24) is 59.9 Å². The van der Waals surface area contributed by atoms with Gasteiger partial charge in [0.15, 0.2) is 11.6 Å². The Kier molecular flexibility index (Phi) is 58.5. The van der Waals surface area contributed by atoms with Crippen LogP contribution in [0.2, 0.25) is 10.0 Å². The minimum absolute atomic E-state index is 0. The van der Waals surface area contributed by atoms with Crippen molar-refractivity contribution in [3.63, 3.8) is 0 Å². The molecule has 24 nitrogen and oxygen atoms in total. The maximum absolute atomic E-state index is 13.3. The van der Waals surface area contributed by atoms with Crippen LogP contribution in [0.25, 0.3) is 10.0 Å². The molecule has 67 heteroatoms. The molecule has 4 aromatic carbocycles. The second-order valence-electron chi connectivity index (χ2n) is 29.7. The van der Waals surface area contributed by atoms with E-state index >= 15 is 0 Å². The number of terminal acetylenes is 1. The molecule has 10 aromatic rings. The van der Waals surface area contributed by atoms with Crippen molar-refractivity contribution < 1.29 is 49.3 Å². The number of imide groups is 4. The molecule has 2 fully saturated rings. The Morgan fingerprint density at radius 1 is 0.440 bits per heavy atom. The third-order valence-electron chi connectivity index (χ3n) is 21.0. The summed E-state index contributed by atoms with van der Waals surface area (Å²) in [6, 6.07) is 31.1. The molecule has 0 radical (unpaired) electrons. The third-order valence-corrected chi connectivity index (χ3v) is 96.4. The first-order chi connectivity index (χ1) is 72.4. The molecular formula is C83H79Cl2IN14O10S40. The lowest BCUT2D eigenvalue weighted by Gasteiger charge is -2.27. The summed E-state index contributed by atoms with van der Waals surface area (Å²) in [7, 11) is 58.1. The highest BCUT2D eigenvalue weighted by molar-refractivity contribution is 14.1. The average Bonchev–Trinajstić information content (AvgIpc) is 1.61. The fourth-order valence-corrected chi connectivity index (χ4v) is 101. The predicted octanol–water partition coefficient (Wildman–Crippen LogP) is 14.3. The largest absolute Gasteiger partial charge is 0.493 e. The summed E-state index contributed by atoms with van der Waals surface area (Å²) in [5, 5.41) is 25.6. The normalized spacial score (nSPS) is 14.8. The molecule has 802 valence electrons. The first-order valence-electron chi connectivity index (χ1n) is 42.3. The number of carbonyl (C=O) groups is 8. The molecule has 6 aromatic heterocycles. The molecule has 150 heavy (non-hydrogen) atoms. The number of hydrogen-bond donors (Lipinski definition) is 2. The molecule has 12 heterocycles. The summed E-state index contributed by atoms with van der Waals surface area (Å²) < 4.78 is 17.4. The molecular weight excluding hydrogens is 2830 g/mol. The van der Waals surface area contributed by atoms with Crippen LogP contribution in [0.4, 0.5) is 0 Å². The van der Waals surface area contributed by atoms with Gasteiger partial charge in [-0.3, -0.25) is 82.9 Å². The quantitative estimate of drug-likeness (QED) is 0.0329. The summed E-state index contributed by atoms with van der Waals surface area (Å²) in [5.74, 6) is 2.20. The third kappa shape index (κ3) is 37.6. The Labute approximate surface area is 1010 Å². The van der Waals surface area contributed by atoms with Crippen LogP contribution < -0.4 is 20.1 Å². The number of rotatable bonds is 19. The highest BCUT2D eigenvalue weighted by atomic mass is 127. The first-order valence-corrected chi connectivity index (χ1v) is 93.8. The molecule has 6 aliphatic heterocycles. The SMILES string of the molecule is C.C#Cc1ccc(CCCCOc2cccc3c2C(=O)N(C2CCC(=O)NC2=O)C3=O)cn1.Cc1c(CCc2ccc(CCCCOc3cccc4c3C(=O)N(C3CCC(=O)NC3=O)C4=O)cn2)sc2c1C(c1ccc(Cl)cc1)=N[C@@H](C)c1nnc(C)n1-2.Cc1c(I)sc2c1C(c1ccc(Cl)cc1)=N[C@@H](C)c1nnc(C)n1-2.S=S=S=S=S=S=S=S=S=S.S=S=S=S=S=S=S=S=S=S=S=S=S=S=S=S=S=S=S=S=S=S=S=S=S=S=S=S.[HH]. The molecule has 16 rings (SSSR count). The number of ether oxygens (including phenoxy) is 2. The monoisotopic (exact) mass is 2910 g/mol. The zero-order chi connectivity index (χ0) is 106. The van der Waals surface area contributed by atoms with Crippen molar-refractivity contribution in [1.29, 1.82) is 0 Å². The van der Waals surface area contributed by atoms with E-state index in [9.17, 15) is 38.4 Å². The van der Waals surface area contributed by atoms with Gasteiger partial charge in [0, 0.05) is 416 Å². The zero-order valence-corrected chi connectivity index (χ0v) is 113. The van der Waals surface area contributed by atoms with E-state index in [-0.39, 0.29) is 68.9 Å². The minimum Gasteiger partial charge on any atom is -0.493 e. The van der Waals surface area contributed by atoms with E-state index in [1.165, 1.54) is 60.0 Å². The van der Waals surface area contributed by atoms with Crippen LogP contribution in [-0.4, -0.2) is 133 Å². The molecule has 0 spiro atoms. The fourth-order valence-electron chi connectivity index (χ4n) is 14.6. The van der Waals surface area contributed by atoms with Crippen molar-refractivity contribution in [3.8, 4) is 33.8 Å². The predicted molar refractivity (Wildman–Crippen MR) is 717 cm³/mol. The van der Waals surface area contributed by atoms with Gasteiger partial charge in [0.1, 0.15) is 63.0 Å². The minimum atomic E-state index is -1.02. The van der Waals surface area contributed by atoms with Crippen LogP contribution >= 0.6 is 68.5 Å². The van der Waals surface area contributed by atoms with Gasteiger partial charge < -0.3 is 9.47 Å². The van der Waals surface area contributed by atoms with Crippen molar-refractivity contribution in [3.05, 3.63) is 241 Å². The van der Waals surface area contributed by atoms with Crippen LogP contribution in [0.5, 0.6) is 11.5 Å². The number of amides is 8. The van der Waals surface area contributed by atoms with Gasteiger partial charge >= 0.3 is 0 Å². The fraction of sp³-hybridized carbons (Fsp3) is 0.301. The maximum atomic E-state index is 13.3. The Bertz CT molecular complexity index is 8680. The summed E-state index contributed by atoms with van der Waals surface area (Å²) >= 11 is 37.1. The number of pyridine rings is 2. The van der Waals surface area contributed by atoms with Gasteiger partial charge in [-0.25, -0.2) is 4.98 Å². The molecule has 2 unspecified atom stereocenters. The van der Waals surface area contributed by atoms with Gasteiger partial charge in [0.05, 0.1) is 49.8 Å².